The number of aryl methyl sites for hydroxylation is 2. The highest BCUT2D eigenvalue weighted by atomic mass is 35.5. The van der Waals surface area contributed by atoms with Crippen molar-refractivity contribution >= 4 is 35.1 Å². The summed E-state index contributed by atoms with van der Waals surface area (Å²) in [6.45, 7) is 3.37. The molecule has 1 aromatic carbocycles. The third-order valence-electron chi connectivity index (χ3n) is 3.52. The first-order chi connectivity index (χ1) is 11.7. The molecule has 0 fully saturated rings. The van der Waals surface area contributed by atoms with Gasteiger partial charge in [-0.1, -0.05) is 11.6 Å². The average Bonchev–Trinajstić information content (AvgIpc) is 2.76. The van der Waals surface area contributed by atoms with Crippen LogP contribution in [0.25, 0.3) is 0 Å². The maximum atomic E-state index is 12.0. The Morgan fingerprint density at radius 3 is 2.76 bits per heavy atom. The van der Waals surface area contributed by atoms with Gasteiger partial charge in [0.15, 0.2) is 0 Å². The molecule has 2 rings (SSSR count). The summed E-state index contributed by atoms with van der Waals surface area (Å²) in [7, 11) is 1.77. The van der Waals surface area contributed by atoms with E-state index < -0.39 is 16.4 Å². The van der Waals surface area contributed by atoms with E-state index in [9.17, 15) is 20.0 Å². The van der Waals surface area contributed by atoms with Crippen LogP contribution < -0.4 is 5.32 Å². The van der Waals surface area contributed by atoms with Gasteiger partial charge in [0.05, 0.1) is 22.0 Å². The number of aromatic hydroxyl groups is 1. The second-order valence-corrected chi connectivity index (χ2v) is 5.74. The number of nitrogens with one attached hydrogen (secondary N) is 1. The van der Waals surface area contributed by atoms with Crippen molar-refractivity contribution in [3.63, 3.8) is 0 Å². The number of aliphatic imine (C=N–C) groups is 1. The van der Waals surface area contributed by atoms with Gasteiger partial charge in [0.1, 0.15) is 6.54 Å². The Morgan fingerprint density at radius 2 is 2.20 bits per heavy atom. The van der Waals surface area contributed by atoms with E-state index in [0.717, 1.165) is 18.0 Å². The SMILES string of the molecule is Cc1nn(C)c(C)c1NC(=O)CN=Cc1cc(Cl)cc([N+](=O)[O-])c1O. The van der Waals surface area contributed by atoms with Crippen molar-refractivity contribution in [2.45, 2.75) is 13.8 Å². The summed E-state index contributed by atoms with van der Waals surface area (Å²) in [5.74, 6) is -0.941. The Balaban J connectivity index is 2.11. The lowest BCUT2D eigenvalue weighted by molar-refractivity contribution is -0.385. The molecule has 0 unspecified atom stereocenters. The first kappa shape index (κ1) is 18.4. The summed E-state index contributed by atoms with van der Waals surface area (Å²) in [4.78, 5) is 26.0. The Bertz CT molecular complexity index is 875. The Kier molecular flexibility index (Phi) is 5.38. The number of aromatic nitrogens is 2. The van der Waals surface area contributed by atoms with Gasteiger partial charge in [-0.15, -0.1) is 0 Å². The number of hydrogen-bond donors (Lipinski definition) is 2. The van der Waals surface area contributed by atoms with Gasteiger partial charge in [0, 0.05) is 29.9 Å². The summed E-state index contributed by atoms with van der Waals surface area (Å²) in [6.07, 6.45) is 1.16. The molecule has 0 saturated carbocycles. The summed E-state index contributed by atoms with van der Waals surface area (Å²) < 4.78 is 1.65. The molecule has 0 aliphatic carbocycles. The van der Waals surface area contributed by atoms with E-state index in [0.29, 0.717) is 11.4 Å². The van der Waals surface area contributed by atoms with Crippen molar-refractivity contribution < 1.29 is 14.8 Å². The number of hydrogen-bond acceptors (Lipinski definition) is 6. The van der Waals surface area contributed by atoms with Crippen LogP contribution >= 0.6 is 11.6 Å². The molecule has 25 heavy (non-hydrogen) atoms. The van der Waals surface area contributed by atoms with E-state index >= 15 is 0 Å². The molecule has 9 nitrogen and oxygen atoms in total. The minimum atomic E-state index is -0.751. The highest BCUT2D eigenvalue weighted by molar-refractivity contribution is 6.31. The predicted molar refractivity (Wildman–Crippen MR) is 93.5 cm³/mol. The fourth-order valence-corrected chi connectivity index (χ4v) is 2.42. The molecule has 0 atom stereocenters. The van der Waals surface area contributed by atoms with Crippen molar-refractivity contribution in [2.75, 3.05) is 11.9 Å². The Labute approximate surface area is 148 Å². The molecule has 0 aliphatic heterocycles. The highest BCUT2D eigenvalue weighted by Crippen LogP contribution is 2.32. The number of nitrogens with zero attached hydrogens (tertiary/aromatic N) is 4. The molecule has 1 heterocycles. The number of amides is 1. The largest absolute Gasteiger partial charge is 0.502 e. The standard InChI is InChI=1S/C15H16ClN5O4/c1-8-14(9(2)20(3)19-8)18-13(22)7-17-6-10-4-11(16)5-12(15(10)23)21(24)25/h4-6,23H,7H2,1-3H3,(H,18,22). The van der Waals surface area contributed by atoms with Crippen LogP contribution in [-0.2, 0) is 11.8 Å². The van der Waals surface area contributed by atoms with Gasteiger partial charge in [0.2, 0.25) is 11.7 Å². The first-order valence-corrected chi connectivity index (χ1v) is 7.55. The van der Waals surface area contributed by atoms with Crippen molar-refractivity contribution in [3.05, 3.63) is 44.2 Å². The summed E-state index contributed by atoms with van der Waals surface area (Å²) in [5, 5.41) is 27.7. The number of nitro groups is 1. The molecule has 0 aliphatic rings. The zero-order chi connectivity index (χ0) is 18.7. The lowest BCUT2D eigenvalue weighted by Crippen LogP contribution is -2.16. The summed E-state index contributed by atoms with van der Waals surface area (Å²) in [6, 6.07) is 2.36. The maximum absolute atomic E-state index is 12.0. The number of anilines is 1. The molecule has 1 amide bonds. The van der Waals surface area contributed by atoms with E-state index in [1.165, 1.54) is 6.07 Å². The Hall–Kier alpha value is -2.94. The molecule has 2 N–H and O–H groups in total. The lowest BCUT2D eigenvalue weighted by atomic mass is 10.2. The monoisotopic (exact) mass is 365 g/mol. The van der Waals surface area contributed by atoms with Crippen LogP contribution in [-0.4, -0.2) is 38.5 Å². The zero-order valence-electron chi connectivity index (χ0n) is 13.8. The second kappa shape index (κ2) is 7.31. The molecule has 10 heteroatoms. The Morgan fingerprint density at radius 1 is 1.52 bits per heavy atom. The van der Waals surface area contributed by atoms with Gasteiger partial charge in [-0.2, -0.15) is 5.10 Å². The smallest absolute Gasteiger partial charge is 0.312 e. The minimum absolute atomic E-state index is 0.0562. The molecular weight excluding hydrogens is 350 g/mol. The highest BCUT2D eigenvalue weighted by Gasteiger charge is 2.18. The van der Waals surface area contributed by atoms with Gasteiger partial charge in [-0.05, 0) is 19.9 Å². The molecule has 1 aromatic heterocycles. The van der Waals surface area contributed by atoms with Crippen LogP contribution in [0.5, 0.6) is 5.75 Å². The second-order valence-electron chi connectivity index (χ2n) is 5.31. The van der Waals surface area contributed by atoms with E-state index in [2.05, 4.69) is 15.4 Å². The molecule has 2 aromatic rings. The van der Waals surface area contributed by atoms with Crippen LogP contribution in [0.2, 0.25) is 5.02 Å². The molecule has 132 valence electrons. The van der Waals surface area contributed by atoms with E-state index in [4.69, 9.17) is 11.6 Å². The van der Waals surface area contributed by atoms with Gasteiger partial charge >= 0.3 is 5.69 Å². The van der Waals surface area contributed by atoms with E-state index in [-0.39, 0.29) is 23.0 Å². The number of rotatable bonds is 5. The number of benzene rings is 1. The fourth-order valence-electron chi connectivity index (χ4n) is 2.20. The predicted octanol–water partition coefficient (Wildman–Crippen LogP) is 2.36. The molecule has 0 bridgehead atoms. The minimum Gasteiger partial charge on any atom is -0.502 e. The van der Waals surface area contributed by atoms with E-state index in [1.54, 1.807) is 18.7 Å². The van der Waals surface area contributed by atoms with Crippen molar-refractivity contribution in [1.82, 2.24) is 9.78 Å². The number of nitro benzene ring substituents is 1. The molecule has 0 spiro atoms. The molecule has 0 radical (unpaired) electrons. The summed E-state index contributed by atoms with van der Waals surface area (Å²) >= 11 is 5.79. The maximum Gasteiger partial charge on any atom is 0.312 e. The summed E-state index contributed by atoms with van der Waals surface area (Å²) in [5.41, 5.74) is 1.63. The van der Waals surface area contributed by atoms with Crippen LogP contribution in [0.1, 0.15) is 17.0 Å². The normalized spacial score (nSPS) is 11.0. The zero-order valence-corrected chi connectivity index (χ0v) is 14.5. The quantitative estimate of drug-likeness (QED) is 0.478. The van der Waals surface area contributed by atoms with Crippen molar-refractivity contribution in [1.29, 1.82) is 0 Å². The molecular formula is C15H16ClN5O4. The third-order valence-corrected chi connectivity index (χ3v) is 3.74. The number of carbonyl (C=O) groups excluding carboxylic acids is 1. The number of phenols is 1. The average molecular weight is 366 g/mol. The van der Waals surface area contributed by atoms with Crippen molar-refractivity contribution in [3.8, 4) is 5.75 Å². The number of halogens is 1. The van der Waals surface area contributed by atoms with Gasteiger partial charge in [-0.3, -0.25) is 24.6 Å². The lowest BCUT2D eigenvalue weighted by Gasteiger charge is -2.04. The van der Waals surface area contributed by atoms with Crippen molar-refractivity contribution in [2.24, 2.45) is 12.0 Å². The topological polar surface area (TPSA) is 123 Å². The number of carbonyl (C=O) groups is 1. The fraction of sp³-hybridized carbons (Fsp3) is 0.267. The van der Waals surface area contributed by atoms with Crippen LogP contribution in [0.3, 0.4) is 0 Å². The first-order valence-electron chi connectivity index (χ1n) is 7.17. The van der Waals surface area contributed by atoms with Gasteiger partial charge < -0.3 is 10.4 Å². The van der Waals surface area contributed by atoms with E-state index in [1.807, 2.05) is 6.92 Å². The van der Waals surface area contributed by atoms with Crippen LogP contribution in [0.15, 0.2) is 17.1 Å². The van der Waals surface area contributed by atoms with Gasteiger partial charge in [-0.25, -0.2) is 0 Å². The molecule has 0 saturated heterocycles. The van der Waals surface area contributed by atoms with Gasteiger partial charge in [0.25, 0.3) is 0 Å². The van der Waals surface area contributed by atoms with Crippen LogP contribution in [0.4, 0.5) is 11.4 Å². The third kappa shape index (κ3) is 4.13. The number of phenolic OH excluding ortho intramolecular Hbond substituents is 1. The van der Waals surface area contributed by atoms with Crippen LogP contribution in [0, 0.1) is 24.0 Å².